The van der Waals surface area contributed by atoms with Crippen molar-refractivity contribution in [2.45, 2.75) is 111 Å². The molecule has 0 amide bonds. The summed E-state index contributed by atoms with van der Waals surface area (Å²) in [6.45, 7) is 12.1. The van der Waals surface area contributed by atoms with E-state index < -0.39 is 68.8 Å². The first-order valence-electron chi connectivity index (χ1n) is 14.2. The van der Waals surface area contributed by atoms with E-state index in [0.717, 1.165) is 5.57 Å². The minimum Gasteiger partial charge on any atom is -0.481 e. The van der Waals surface area contributed by atoms with E-state index in [1.165, 1.54) is 0 Å². The third kappa shape index (κ3) is 3.15. The van der Waals surface area contributed by atoms with Crippen LogP contribution in [0.15, 0.2) is 11.6 Å². The quantitative estimate of drug-likeness (QED) is 0.308. The summed E-state index contributed by atoms with van der Waals surface area (Å²) in [5, 5.41) is 66.3. The number of aliphatic carboxylic acids is 1. The number of carboxylic acids is 1. The molecule has 7 heteroatoms. The second-order valence-electron chi connectivity index (χ2n) is 15.2. The average molecular weight is 521 g/mol. The van der Waals surface area contributed by atoms with Gasteiger partial charge in [0.2, 0.25) is 0 Å². The molecule has 5 aliphatic carbocycles. The third-order valence-corrected chi connectivity index (χ3v) is 13.3. The van der Waals surface area contributed by atoms with Crippen molar-refractivity contribution in [3.05, 3.63) is 11.6 Å². The molecule has 0 spiro atoms. The molecule has 7 nitrogen and oxygen atoms in total. The summed E-state index contributed by atoms with van der Waals surface area (Å²) in [7, 11) is 0. The fraction of sp³-hybridized carbons (Fsp3) is 0.900. The van der Waals surface area contributed by atoms with E-state index in [4.69, 9.17) is 0 Å². The van der Waals surface area contributed by atoms with Gasteiger partial charge in [-0.2, -0.15) is 0 Å². The van der Waals surface area contributed by atoms with Crippen LogP contribution in [0.3, 0.4) is 0 Å². The molecule has 210 valence electrons. The van der Waals surface area contributed by atoms with Gasteiger partial charge in [0, 0.05) is 17.3 Å². The van der Waals surface area contributed by atoms with E-state index in [9.17, 15) is 35.4 Å². The number of carbonyl (C=O) groups is 1. The minimum atomic E-state index is -1.12. The van der Waals surface area contributed by atoms with Crippen LogP contribution < -0.4 is 0 Å². The Morgan fingerprint density at radius 2 is 1.51 bits per heavy atom. The highest BCUT2D eigenvalue weighted by atomic mass is 16.4. The molecule has 0 saturated heterocycles. The predicted octanol–water partition coefficient (Wildman–Crippen LogP) is 3.12. The maximum atomic E-state index is 12.8. The minimum absolute atomic E-state index is 0.0567. The second-order valence-corrected chi connectivity index (χ2v) is 15.2. The Morgan fingerprint density at radius 1 is 0.892 bits per heavy atom. The zero-order valence-electron chi connectivity index (χ0n) is 23.4. The Kier molecular flexibility index (Phi) is 5.98. The smallest absolute Gasteiger partial charge is 0.310 e. The highest BCUT2D eigenvalue weighted by Gasteiger charge is 2.73. The number of allylic oxidation sites excluding steroid dienone is 1. The summed E-state index contributed by atoms with van der Waals surface area (Å²) in [5.74, 6) is -1.63. The molecule has 0 bridgehead atoms. The van der Waals surface area contributed by atoms with Gasteiger partial charge in [0.1, 0.15) is 0 Å². The van der Waals surface area contributed by atoms with E-state index in [2.05, 4.69) is 26.8 Å². The Hall–Kier alpha value is -0.990. The Bertz CT molecular complexity index is 1010. The summed E-state index contributed by atoms with van der Waals surface area (Å²) in [5.41, 5.74) is -2.76. The molecule has 4 fully saturated rings. The summed E-state index contributed by atoms with van der Waals surface area (Å²) in [4.78, 5) is 12.8. The third-order valence-electron chi connectivity index (χ3n) is 13.3. The van der Waals surface area contributed by atoms with Crippen molar-refractivity contribution in [2.75, 3.05) is 6.61 Å². The van der Waals surface area contributed by atoms with Crippen LogP contribution in [0.25, 0.3) is 0 Å². The lowest BCUT2D eigenvalue weighted by Crippen LogP contribution is -2.71. The fourth-order valence-corrected chi connectivity index (χ4v) is 10.9. The maximum absolute atomic E-state index is 12.8. The lowest BCUT2D eigenvalue weighted by atomic mass is 9.32. The Balaban J connectivity index is 1.66. The van der Waals surface area contributed by atoms with Crippen LogP contribution in [0.2, 0.25) is 0 Å². The van der Waals surface area contributed by atoms with Gasteiger partial charge in [-0.05, 0) is 72.5 Å². The van der Waals surface area contributed by atoms with Crippen LogP contribution in [0, 0.1) is 50.2 Å². The van der Waals surface area contributed by atoms with Crippen LogP contribution in [-0.4, -0.2) is 67.6 Å². The van der Waals surface area contributed by atoms with Crippen molar-refractivity contribution in [2.24, 2.45) is 50.2 Å². The zero-order valence-corrected chi connectivity index (χ0v) is 23.4. The predicted molar refractivity (Wildman–Crippen MR) is 138 cm³/mol. The van der Waals surface area contributed by atoms with Gasteiger partial charge in [-0.3, -0.25) is 4.79 Å². The maximum Gasteiger partial charge on any atom is 0.310 e. The van der Waals surface area contributed by atoms with Crippen molar-refractivity contribution in [1.29, 1.82) is 0 Å². The molecule has 0 unspecified atom stereocenters. The monoisotopic (exact) mass is 520 g/mol. The molecule has 6 N–H and O–H groups in total. The zero-order chi connectivity index (χ0) is 27.6. The van der Waals surface area contributed by atoms with E-state index in [0.29, 0.717) is 44.9 Å². The normalized spacial score (nSPS) is 56.7. The first-order valence-corrected chi connectivity index (χ1v) is 14.2. The lowest BCUT2D eigenvalue weighted by molar-refractivity contribution is -0.274. The van der Waals surface area contributed by atoms with Crippen molar-refractivity contribution in [3.8, 4) is 0 Å². The molecule has 0 radical (unpaired) electrons. The van der Waals surface area contributed by atoms with Crippen LogP contribution in [0.5, 0.6) is 0 Å². The summed E-state index contributed by atoms with van der Waals surface area (Å²) in [6.07, 6.45) is 2.34. The number of fused-ring (bicyclic) bond motifs is 7. The molecule has 5 rings (SSSR count). The Morgan fingerprint density at radius 3 is 2.11 bits per heavy atom. The summed E-state index contributed by atoms with van der Waals surface area (Å²) in [6, 6.07) is 0. The topological polar surface area (TPSA) is 138 Å². The van der Waals surface area contributed by atoms with Crippen molar-refractivity contribution >= 4 is 5.97 Å². The summed E-state index contributed by atoms with van der Waals surface area (Å²) < 4.78 is 0. The lowest BCUT2D eigenvalue weighted by Gasteiger charge is -2.72. The van der Waals surface area contributed by atoms with E-state index in [-0.39, 0.29) is 18.4 Å². The van der Waals surface area contributed by atoms with Crippen LogP contribution in [-0.2, 0) is 4.79 Å². The standard InChI is InChI=1S/C30H48O7/c1-25(2)9-11-30(24(36)37)12-10-28(5)16(20(30)23(25)35)7-8-19-26(3)13-18(33)22(34)27(4,15-31)21(26)17(32)14-29(19,28)6/h7,17-23,31-35H,8-15H2,1-6H3,(H,36,37)/t17-,18-,19-,20-,21-,22+,23+,26-,27+,28-,29-,30+/m1/s1. The van der Waals surface area contributed by atoms with Gasteiger partial charge in [-0.25, -0.2) is 0 Å². The molecule has 4 saturated carbocycles. The SMILES string of the molecule is CC1(C)CC[C@]2(C(=O)O)CC[C@]3(C)C(=CC[C@@H]4[C@@]5(C)C[C@@H](O)[C@H](O)[C@@](C)(CO)[C@@H]5[C@H](O)C[C@]43C)[C@@H]2[C@@H]1O. The van der Waals surface area contributed by atoms with Crippen molar-refractivity contribution in [3.63, 3.8) is 0 Å². The van der Waals surface area contributed by atoms with E-state index in [1.807, 2.05) is 13.8 Å². The average Bonchev–Trinajstić information content (AvgIpc) is 2.80. The number of rotatable bonds is 2. The van der Waals surface area contributed by atoms with Gasteiger partial charge in [-0.1, -0.05) is 53.2 Å². The largest absolute Gasteiger partial charge is 0.481 e. The van der Waals surface area contributed by atoms with Crippen LogP contribution in [0.4, 0.5) is 0 Å². The molecular weight excluding hydrogens is 472 g/mol. The van der Waals surface area contributed by atoms with E-state index in [1.54, 1.807) is 6.92 Å². The number of carboxylic acid groups (broad SMARTS) is 1. The molecule has 0 aromatic heterocycles. The summed E-state index contributed by atoms with van der Waals surface area (Å²) >= 11 is 0. The van der Waals surface area contributed by atoms with Gasteiger partial charge >= 0.3 is 5.97 Å². The molecule has 0 aromatic carbocycles. The first kappa shape index (κ1) is 27.6. The number of hydrogen-bond acceptors (Lipinski definition) is 6. The fourth-order valence-electron chi connectivity index (χ4n) is 10.9. The van der Waals surface area contributed by atoms with Gasteiger partial charge < -0.3 is 30.6 Å². The molecule has 37 heavy (non-hydrogen) atoms. The molecule has 0 aromatic rings. The number of aliphatic hydroxyl groups excluding tert-OH is 5. The van der Waals surface area contributed by atoms with Gasteiger partial charge in [0.15, 0.2) is 0 Å². The number of hydrogen-bond donors (Lipinski definition) is 6. The van der Waals surface area contributed by atoms with Crippen molar-refractivity contribution < 1.29 is 35.4 Å². The van der Waals surface area contributed by atoms with Gasteiger partial charge in [0.25, 0.3) is 0 Å². The number of aliphatic hydroxyl groups is 5. The van der Waals surface area contributed by atoms with Gasteiger partial charge in [-0.15, -0.1) is 0 Å². The second kappa shape index (κ2) is 8.03. The van der Waals surface area contributed by atoms with Gasteiger partial charge in [0.05, 0.1) is 36.4 Å². The van der Waals surface area contributed by atoms with Crippen LogP contribution in [0.1, 0.15) is 86.5 Å². The molecular formula is C30H48O7. The van der Waals surface area contributed by atoms with E-state index >= 15 is 0 Å². The van der Waals surface area contributed by atoms with Crippen LogP contribution >= 0.6 is 0 Å². The highest BCUT2D eigenvalue weighted by molar-refractivity contribution is 5.77. The first-order chi connectivity index (χ1) is 17.0. The molecule has 5 aliphatic rings. The molecule has 12 atom stereocenters. The Labute approximate surface area is 221 Å². The molecule has 0 aliphatic heterocycles. The molecule has 0 heterocycles. The highest BCUT2D eigenvalue weighted by Crippen LogP contribution is 2.75. The van der Waals surface area contributed by atoms with Crippen molar-refractivity contribution in [1.82, 2.24) is 0 Å².